The molecule has 1 aliphatic carbocycles. The van der Waals surface area contributed by atoms with Crippen LogP contribution < -0.4 is 11.1 Å². The quantitative estimate of drug-likeness (QED) is 0.116. The number of hydrogen-bond acceptors (Lipinski definition) is 6. The normalized spacial score (nSPS) is 21.7. The predicted octanol–water partition coefficient (Wildman–Crippen LogP) is 5.10. The topological polar surface area (TPSA) is 114 Å². The van der Waals surface area contributed by atoms with Crippen molar-refractivity contribution in [2.24, 2.45) is 29.4 Å². The molecule has 0 bridgehead atoms. The lowest BCUT2D eigenvalue weighted by molar-refractivity contribution is -0.129. The van der Waals surface area contributed by atoms with E-state index in [1.54, 1.807) is 7.11 Å². The van der Waals surface area contributed by atoms with Gasteiger partial charge in [0, 0.05) is 32.1 Å². The van der Waals surface area contributed by atoms with Gasteiger partial charge in [-0.3, -0.25) is 4.79 Å². The van der Waals surface area contributed by atoms with Crippen LogP contribution in [0.15, 0.2) is 23.0 Å². The molecule has 0 radical (unpaired) electrons. The highest BCUT2D eigenvalue weighted by molar-refractivity contribution is 5.79. The minimum Gasteiger partial charge on any atom is -0.494 e. The van der Waals surface area contributed by atoms with Crippen LogP contribution in [0.1, 0.15) is 99.8 Å². The third-order valence-electron chi connectivity index (χ3n) is 7.91. The van der Waals surface area contributed by atoms with E-state index in [2.05, 4.69) is 46.0 Å². The van der Waals surface area contributed by atoms with Crippen LogP contribution in [0.3, 0.4) is 0 Å². The summed E-state index contributed by atoms with van der Waals surface area (Å²) in [5.41, 5.74) is 8.90. The second-order valence-electron chi connectivity index (χ2n) is 12.3. The molecule has 0 aromatic carbocycles. The van der Waals surface area contributed by atoms with Gasteiger partial charge in [0.25, 0.3) is 0 Å². The number of nitrogens with two attached hydrogens (primary N) is 1. The standard InChI is InChI=1S/C31H58N2O5/c1-20(2)24(16-23(7)17-30(22(5)6)38-15-11-14-37-8)18-26(32)29(35)19-25(21(3)4)31(36)33-27-12-9-10-13-28(27)34/h17,20-21,24-29,34-35H,9-16,18-19,32H2,1-8H3,(H,33,36)/b23-17+/t24-,25-,26-,27-,28-,29-/m0/s1. The molecule has 5 N–H and O–H groups in total. The fourth-order valence-electron chi connectivity index (χ4n) is 5.20. The Morgan fingerprint density at radius 2 is 1.71 bits per heavy atom. The molecule has 1 rings (SSSR count). The summed E-state index contributed by atoms with van der Waals surface area (Å²) in [5, 5.41) is 24.4. The van der Waals surface area contributed by atoms with Gasteiger partial charge in [-0.15, -0.1) is 0 Å². The van der Waals surface area contributed by atoms with E-state index in [-0.39, 0.29) is 23.8 Å². The fraction of sp³-hybridized carbons (Fsp3) is 0.839. The van der Waals surface area contributed by atoms with Crippen LogP contribution >= 0.6 is 0 Å². The Bertz CT molecular complexity index is 745. The molecule has 1 fully saturated rings. The van der Waals surface area contributed by atoms with Gasteiger partial charge in [0.2, 0.25) is 5.91 Å². The average Bonchev–Trinajstić information content (AvgIpc) is 2.84. The zero-order valence-corrected chi connectivity index (χ0v) is 25.5. The van der Waals surface area contributed by atoms with Gasteiger partial charge < -0.3 is 30.7 Å². The maximum absolute atomic E-state index is 13.1. The lowest BCUT2D eigenvalue weighted by Gasteiger charge is -2.33. The predicted molar refractivity (Wildman–Crippen MR) is 155 cm³/mol. The molecule has 0 unspecified atom stereocenters. The number of rotatable bonds is 17. The van der Waals surface area contributed by atoms with Gasteiger partial charge in [-0.1, -0.05) is 46.1 Å². The van der Waals surface area contributed by atoms with Crippen molar-refractivity contribution < 1.29 is 24.5 Å². The number of carbonyl (C=O) groups excluding carboxylic acids is 1. The summed E-state index contributed by atoms with van der Waals surface area (Å²) in [4.78, 5) is 13.1. The van der Waals surface area contributed by atoms with Crippen molar-refractivity contribution in [1.82, 2.24) is 5.32 Å². The summed E-state index contributed by atoms with van der Waals surface area (Å²) in [6, 6.07) is -0.615. The molecule has 0 spiro atoms. The van der Waals surface area contributed by atoms with Gasteiger partial charge >= 0.3 is 0 Å². The highest BCUT2D eigenvalue weighted by Crippen LogP contribution is 2.29. The van der Waals surface area contributed by atoms with E-state index in [0.29, 0.717) is 37.9 Å². The Morgan fingerprint density at radius 3 is 2.26 bits per heavy atom. The highest BCUT2D eigenvalue weighted by Gasteiger charge is 2.32. The van der Waals surface area contributed by atoms with Crippen LogP contribution in [-0.4, -0.2) is 60.7 Å². The molecule has 222 valence electrons. The van der Waals surface area contributed by atoms with E-state index in [1.165, 1.54) is 5.57 Å². The summed E-state index contributed by atoms with van der Waals surface area (Å²) in [7, 11) is 1.69. The van der Waals surface area contributed by atoms with Gasteiger partial charge in [-0.05, 0) is 82.3 Å². The molecule has 38 heavy (non-hydrogen) atoms. The Hall–Kier alpha value is -1.41. The molecule has 6 atom stereocenters. The number of ether oxygens (including phenoxy) is 2. The van der Waals surface area contributed by atoms with E-state index in [1.807, 2.05) is 13.8 Å². The smallest absolute Gasteiger partial charge is 0.223 e. The lowest BCUT2D eigenvalue weighted by atomic mass is 9.80. The van der Waals surface area contributed by atoms with Crippen molar-refractivity contribution in [2.75, 3.05) is 20.3 Å². The summed E-state index contributed by atoms with van der Waals surface area (Å²) in [6.45, 7) is 15.9. The van der Waals surface area contributed by atoms with Gasteiger partial charge in [0.05, 0.1) is 24.9 Å². The van der Waals surface area contributed by atoms with Gasteiger partial charge in [0.15, 0.2) is 0 Å². The zero-order chi connectivity index (χ0) is 28.8. The van der Waals surface area contributed by atoms with Crippen molar-refractivity contribution >= 4 is 5.91 Å². The monoisotopic (exact) mass is 538 g/mol. The average molecular weight is 539 g/mol. The molecule has 0 heterocycles. The molecule has 0 aliphatic heterocycles. The maximum atomic E-state index is 13.1. The number of aliphatic hydroxyl groups excluding tert-OH is 2. The van der Waals surface area contributed by atoms with Gasteiger partial charge in [0.1, 0.15) is 5.76 Å². The van der Waals surface area contributed by atoms with E-state index < -0.39 is 18.2 Å². The van der Waals surface area contributed by atoms with Crippen LogP contribution in [0, 0.1) is 23.7 Å². The van der Waals surface area contributed by atoms with E-state index in [9.17, 15) is 15.0 Å². The lowest BCUT2D eigenvalue weighted by Crippen LogP contribution is -2.49. The second kappa shape index (κ2) is 18.0. The maximum Gasteiger partial charge on any atom is 0.223 e. The molecule has 1 saturated carbocycles. The summed E-state index contributed by atoms with van der Waals surface area (Å²) >= 11 is 0. The molecular formula is C31H58N2O5. The Balaban J connectivity index is 2.78. The molecule has 0 aromatic rings. The highest BCUT2D eigenvalue weighted by atomic mass is 16.5. The SMILES string of the molecule is COCCCOC(/C=C(\C)C[C@@H](C[C@H](N)[C@@H](O)C[C@H](C(=O)N[C@H]1CCCC[C@@H]1O)C(C)C)C(C)C)=C(C)C. The zero-order valence-electron chi connectivity index (χ0n) is 25.5. The number of hydrogen-bond donors (Lipinski definition) is 4. The van der Waals surface area contributed by atoms with Crippen molar-refractivity contribution in [3.8, 4) is 0 Å². The minimum absolute atomic E-state index is 0.0648. The first-order valence-electron chi connectivity index (χ1n) is 14.8. The van der Waals surface area contributed by atoms with Gasteiger partial charge in [-0.2, -0.15) is 0 Å². The molecule has 7 nitrogen and oxygen atoms in total. The Labute approximate surface area is 232 Å². The minimum atomic E-state index is -0.771. The van der Waals surface area contributed by atoms with Crippen molar-refractivity contribution in [2.45, 2.75) is 124 Å². The van der Waals surface area contributed by atoms with Crippen molar-refractivity contribution in [3.05, 3.63) is 23.0 Å². The number of aliphatic hydroxyl groups is 2. The molecular weight excluding hydrogens is 480 g/mol. The number of methoxy groups -OCH3 is 1. The first-order valence-corrected chi connectivity index (χ1v) is 14.8. The van der Waals surface area contributed by atoms with Crippen LogP contribution in [0.4, 0.5) is 0 Å². The van der Waals surface area contributed by atoms with E-state index >= 15 is 0 Å². The summed E-state index contributed by atoms with van der Waals surface area (Å²) < 4.78 is 11.1. The van der Waals surface area contributed by atoms with Gasteiger partial charge in [-0.25, -0.2) is 0 Å². The molecule has 0 aromatic heterocycles. The second-order valence-corrected chi connectivity index (χ2v) is 12.3. The molecule has 1 amide bonds. The third-order valence-corrected chi connectivity index (χ3v) is 7.91. The fourth-order valence-corrected chi connectivity index (χ4v) is 5.20. The number of carbonyl (C=O) groups is 1. The number of amides is 1. The Kier molecular flexibility index (Phi) is 16.4. The van der Waals surface area contributed by atoms with E-state index in [4.69, 9.17) is 15.2 Å². The van der Waals surface area contributed by atoms with E-state index in [0.717, 1.165) is 49.9 Å². The molecule has 1 aliphatic rings. The molecule has 7 heteroatoms. The van der Waals surface area contributed by atoms with Crippen LogP contribution in [-0.2, 0) is 14.3 Å². The summed E-state index contributed by atoms with van der Waals surface area (Å²) in [5.74, 6) is 1.23. The van der Waals surface area contributed by atoms with Crippen LogP contribution in [0.5, 0.6) is 0 Å². The first-order chi connectivity index (χ1) is 17.9. The Morgan fingerprint density at radius 1 is 1.05 bits per heavy atom. The van der Waals surface area contributed by atoms with Crippen molar-refractivity contribution in [1.29, 1.82) is 0 Å². The number of nitrogens with one attached hydrogen (secondary N) is 1. The third kappa shape index (κ3) is 12.6. The van der Waals surface area contributed by atoms with Crippen molar-refractivity contribution in [3.63, 3.8) is 0 Å². The number of allylic oxidation sites excluding steroid dienone is 3. The van der Waals surface area contributed by atoms with Crippen LogP contribution in [0.2, 0.25) is 0 Å². The van der Waals surface area contributed by atoms with Crippen LogP contribution in [0.25, 0.3) is 0 Å². The molecule has 0 saturated heterocycles. The largest absolute Gasteiger partial charge is 0.494 e. The first kappa shape index (κ1) is 34.6. The summed E-state index contributed by atoms with van der Waals surface area (Å²) in [6.07, 6.45) is 7.12.